The number of hydrogen-bond acceptors (Lipinski definition) is 7. The van der Waals surface area contributed by atoms with Gasteiger partial charge in [0.05, 0.1) is 16.7 Å². The van der Waals surface area contributed by atoms with Crippen molar-refractivity contribution < 1.29 is 23.3 Å². The van der Waals surface area contributed by atoms with Crippen molar-refractivity contribution in [1.29, 1.82) is 0 Å². The quantitative estimate of drug-likeness (QED) is 0.480. The van der Waals surface area contributed by atoms with Gasteiger partial charge in [0, 0.05) is 11.8 Å². The summed E-state index contributed by atoms with van der Waals surface area (Å²) in [6.45, 7) is -0.0468. The molecule has 140 valence electrons. The first-order valence-electron chi connectivity index (χ1n) is 8.30. The second kappa shape index (κ2) is 7.93. The summed E-state index contributed by atoms with van der Waals surface area (Å²) in [6, 6.07) is 15.2. The highest BCUT2D eigenvalue weighted by Crippen LogP contribution is 2.21. The summed E-state index contributed by atoms with van der Waals surface area (Å²) in [5.41, 5.74) is 1.29. The van der Waals surface area contributed by atoms with Gasteiger partial charge in [0.1, 0.15) is 12.3 Å². The molecule has 0 atom stereocenters. The second-order valence-corrected chi connectivity index (χ2v) is 6.70. The largest absolute Gasteiger partial charge is 0.461 e. The molecule has 0 saturated heterocycles. The van der Waals surface area contributed by atoms with Gasteiger partial charge in [0.25, 0.3) is 5.91 Å². The van der Waals surface area contributed by atoms with Crippen molar-refractivity contribution >= 4 is 28.9 Å². The van der Waals surface area contributed by atoms with Crippen molar-refractivity contribution in [2.24, 2.45) is 0 Å². The fourth-order valence-corrected chi connectivity index (χ4v) is 3.08. The fraction of sp³-hybridized carbons (Fsp3) is 0.0500. The molecule has 0 aliphatic rings. The molecule has 3 aromatic heterocycles. The molecule has 0 fully saturated rings. The molecule has 0 spiro atoms. The number of esters is 1. The number of carbonyl (C=O) groups excluding carboxylic acids is 2. The van der Waals surface area contributed by atoms with Crippen molar-refractivity contribution in [3.8, 4) is 11.5 Å². The van der Waals surface area contributed by atoms with Gasteiger partial charge in [-0.2, -0.15) is 0 Å². The lowest BCUT2D eigenvalue weighted by Crippen LogP contribution is -2.11. The Labute approximate surface area is 163 Å². The van der Waals surface area contributed by atoms with Crippen LogP contribution in [0.5, 0.6) is 0 Å². The van der Waals surface area contributed by atoms with E-state index in [2.05, 4.69) is 10.5 Å². The van der Waals surface area contributed by atoms with Crippen molar-refractivity contribution in [3.63, 3.8) is 0 Å². The Morgan fingerprint density at radius 3 is 2.79 bits per heavy atom. The Balaban J connectivity index is 1.38. The minimum Gasteiger partial charge on any atom is -0.461 e. The number of hydrogen-bond donors (Lipinski definition) is 1. The molecular weight excluding hydrogens is 380 g/mol. The van der Waals surface area contributed by atoms with Crippen LogP contribution < -0.4 is 5.32 Å². The van der Waals surface area contributed by atoms with Gasteiger partial charge in [-0.25, -0.2) is 4.79 Å². The number of nitrogens with one attached hydrogen (secondary N) is 1. The zero-order valence-electron chi connectivity index (χ0n) is 14.5. The van der Waals surface area contributed by atoms with Crippen LogP contribution in [0.1, 0.15) is 25.7 Å². The maximum Gasteiger partial charge on any atom is 0.338 e. The molecule has 28 heavy (non-hydrogen) atoms. The number of nitrogens with zero attached hydrogens (tertiary/aromatic N) is 1. The van der Waals surface area contributed by atoms with Gasteiger partial charge in [0.2, 0.25) is 5.76 Å². The van der Waals surface area contributed by atoms with Gasteiger partial charge in [-0.3, -0.25) is 4.79 Å². The molecule has 0 aliphatic carbocycles. The highest BCUT2D eigenvalue weighted by molar-refractivity contribution is 7.12. The van der Waals surface area contributed by atoms with Crippen molar-refractivity contribution in [3.05, 3.63) is 82.4 Å². The highest BCUT2D eigenvalue weighted by atomic mass is 32.1. The maximum atomic E-state index is 12.3. The number of thiophene rings is 1. The lowest BCUT2D eigenvalue weighted by atomic mass is 10.2. The SMILES string of the molecule is O=C(OCc1cc(-c2ccco2)on1)c1cccc(NC(=O)c2cccs2)c1. The third kappa shape index (κ3) is 4.02. The van der Waals surface area contributed by atoms with Gasteiger partial charge in [-0.1, -0.05) is 17.3 Å². The second-order valence-electron chi connectivity index (χ2n) is 5.75. The van der Waals surface area contributed by atoms with E-state index in [4.69, 9.17) is 13.7 Å². The van der Waals surface area contributed by atoms with Crippen LogP contribution in [0.3, 0.4) is 0 Å². The summed E-state index contributed by atoms with van der Waals surface area (Å²) in [6.07, 6.45) is 1.53. The topological polar surface area (TPSA) is 94.6 Å². The maximum absolute atomic E-state index is 12.3. The Morgan fingerprint density at radius 1 is 1.07 bits per heavy atom. The van der Waals surface area contributed by atoms with Crippen molar-refractivity contribution in [2.45, 2.75) is 6.61 Å². The molecule has 1 aromatic carbocycles. The number of carbonyl (C=O) groups is 2. The molecule has 4 rings (SSSR count). The minimum absolute atomic E-state index is 0.0468. The first-order chi connectivity index (χ1) is 13.7. The van der Waals surface area contributed by atoms with Crippen LogP contribution in [-0.2, 0) is 11.3 Å². The monoisotopic (exact) mass is 394 g/mol. The van der Waals surface area contributed by atoms with Crippen molar-refractivity contribution in [2.75, 3.05) is 5.32 Å². The molecule has 3 heterocycles. The third-order valence-electron chi connectivity index (χ3n) is 3.78. The van der Waals surface area contributed by atoms with E-state index >= 15 is 0 Å². The number of amides is 1. The Bertz CT molecular complexity index is 1080. The normalized spacial score (nSPS) is 10.6. The number of benzene rings is 1. The number of aromatic nitrogens is 1. The summed E-state index contributed by atoms with van der Waals surface area (Å²) in [5, 5.41) is 8.44. The minimum atomic E-state index is -0.533. The zero-order chi connectivity index (χ0) is 19.3. The van der Waals surface area contributed by atoms with E-state index in [0.717, 1.165) is 0 Å². The summed E-state index contributed by atoms with van der Waals surface area (Å²) >= 11 is 1.34. The van der Waals surface area contributed by atoms with Crippen LogP contribution in [0, 0.1) is 0 Å². The van der Waals surface area contributed by atoms with Crippen LogP contribution in [-0.4, -0.2) is 17.0 Å². The van der Waals surface area contributed by atoms with Crippen LogP contribution in [0.4, 0.5) is 5.69 Å². The van der Waals surface area contributed by atoms with Crippen LogP contribution in [0.2, 0.25) is 0 Å². The third-order valence-corrected chi connectivity index (χ3v) is 4.64. The summed E-state index contributed by atoms with van der Waals surface area (Å²) in [4.78, 5) is 25.0. The molecule has 0 aliphatic heterocycles. The molecule has 0 radical (unpaired) electrons. The Hall–Kier alpha value is -3.65. The van der Waals surface area contributed by atoms with Gasteiger partial charge in [0.15, 0.2) is 5.76 Å². The van der Waals surface area contributed by atoms with Gasteiger partial charge >= 0.3 is 5.97 Å². The lowest BCUT2D eigenvalue weighted by molar-refractivity contribution is 0.0464. The molecule has 0 bridgehead atoms. The summed E-state index contributed by atoms with van der Waals surface area (Å²) in [7, 11) is 0. The van der Waals surface area contributed by atoms with Crippen LogP contribution in [0.25, 0.3) is 11.5 Å². The summed E-state index contributed by atoms with van der Waals surface area (Å²) < 4.78 is 15.7. The average Bonchev–Trinajstić information content (AvgIpc) is 3.48. The Morgan fingerprint density at radius 2 is 2.00 bits per heavy atom. The smallest absolute Gasteiger partial charge is 0.338 e. The number of ether oxygens (including phenoxy) is 1. The van der Waals surface area contributed by atoms with Gasteiger partial charge in [-0.15, -0.1) is 11.3 Å². The summed E-state index contributed by atoms with van der Waals surface area (Å²) in [5.74, 6) is 0.233. The molecule has 1 N–H and O–H groups in total. The standard InChI is InChI=1S/C20H14N2O5S/c23-19(18-7-3-9-28-18)21-14-5-1-4-13(10-14)20(24)26-12-15-11-17(27-22-15)16-6-2-8-25-16/h1-11H,12H2,(H,21,23). The number of furan rings is 1. The zero-order valence-corrected chi connectivity index (χ0v) is 15.3. The molecule has 8 heteroatoms. The molecule has 7 nitrogen and oxygen atoms in total. The predicted octanol–water partition coefficient (Wildman–Crippen LogP) is 4.61. The average molecular weight is 394 g/mol. The van der Waals surface area contributed by atoms with E-state index in [1.54, 1.807) is 54.6 Å². The van der Waals surface area contributed by atoms with E-state index in [1.807, 2.05) is 5.38 Å². The fourth-order valence-electron chi connectivity index (χ4n) is 2.46. The first kappa shape index (κ1) is 17.7. The van der Waals surface area contributed by atoms with E-state index in [9.17, 15) is 9.59 Å². The van der Waals surface area contributed by atoms with Gasteiger partial charge < -0.3 is 19.0 Å². The lowest BCUT2D eigenvalue weighted by Gasteiger charge is -2.06. The Kier molecular flexibility index (Phi) is 5.03. The van der Waals surface area contributed by atoms with Crippen LogP contribution >= 0.6 is 11.3 Å². The highest BCUT2D eigenvalue weighted by Gasteiger charge is 2.13. The number of anilines is 1. The molecule has 0 saturated carbocycles. The molecule has 4 aromatic rings. The van der Waals surface area contributed by atoms with E-state index in [0.29, 0.717) is 33.3 Å². The first-order valence-corrected chi connectivity index (χ1v) is 9.18. The van der Waals surface area contributed by atoms with E-state index < -0.39 is 5.97 Å². The van der Waals surface area contributed by atoms with Crippen molar-refractivity contribution in [1.82, 2.24) is 5.16 Å². The molecule has 0 unspecified atom stereocenters. The van der Waals surface area contributed by atoms with E-state index in [1.165, 1.54) is 17.6 Å². The predicted molar refractivity (Wildman–Crippen MR) is 102 cm³/mol. The number of rotatable bonds is 6. The van der Waals surface area contributed by atoms with Crippen LogP contribution in [0.15, 0.2) is 75.2 Å². The molecule has 1 amide bonds. The molecular formula is C20H14N2O5S. The van der Waals surface area contributed by atoms with E-state index in [-0.39, 0.29) is 12.5 Å². The van der Waals surface area contributed by atoms with Gasteiger partial charge in [-0.05, 0) is 41.8 Å².